The Hall–Kier alpha value is -2.58. The SMILES string of the molecule is Fc1ccc(Nc2cc(-c3nccs3)nc(N3CCNCC3)n2)cc1. The highest BCUT2D eigenvalue weighted by molar-refractivity contribution is 7.13. The lowest BCUT2D eigenvalue weighted by Gasteiger charge is -2.27. The first-order chi connectivity index (χ1) is 12.3. The normalized spacial score (nSPS) is 14.5. The van der Waals surface area contributed by atoms with Crippen LogP contribution in [0.25, 0.3) is 10.7 Å². The molecule has 1 aliphatic heterocycles. The number of benzene rings is 1. The van der Waals surface area contributed by atoms with Crippen molar-refractivity contribution < 1.29 is 4.39 Å². The smallest absolute Gasteiger partial charge is 0.228 e. The van der Waals surface area contributed by atoms with E-state index in [-0.39, 0.29) is 5.82 Å². The van der Waals surface area contributed by atoms with E-state index >= 15 is 0 Å². The van der Waals surface area contributed by atoms with E-state index in [0.717, 1.165) is 42.6 Å². The minimum absolute atomic E-state index is 0.266. The fourth-order valence-corrected chi connectivity index (χ4v) is 3.24. The Kier molecular flexibility index (Phi) is 4.53. The molecule has 3 aromatic rings. The first-order valence-corrected chi connectivity index (χ1v) is 8.93. The van der Waals surface area contributed by atoms with Crippen LogP contribution < -0.4 is 15.5 Å². The summed E-state index contributed by atoms with van der Waals surface area (Å²) in [6, 6.07) is 8.08. The summed E-state index contributed by atoms with van der Waals surface area (Å²) in [5.41, 5.74) is 1.56. The highest BCUT2D eigenvalue weighted by Crippen LogP contribution is 2.26. The van der Waals surface area contributed by atoms with E-state index in [1.54, 1.807) is 18.3 Å². The summed E-state index contributed by atoms with van der Waals surface area (Å²) in [4.78, 5) is 15.8. The lowest BCUT2D eigenvalue weighted by molar-refractivity contribution is 0.580. The summed E-state index contributed by atoms with van der Waals surface area (Å²) in [5, 5.41) is 9.33. The molecule has 0 amide bonds. The van der Waals surface area contributed by atoms with Gasteiger partial charge in [0, 0.05) is 49.5 Å². The van der Waals surface area contributed by atoms with Gasteiger partial charge in [-0.15, -0.1) is 11.3 Å². The molecule has 2 N–H and O–H groups in total. The third-order valence-electron chi connectivity index (χ3n) is 3.88. The minimum Gasteiger partial charge on any atom is -0.340 e. The first kappa shape index (κ1) is 15.9. The number of aromatic nitrogens is 3. The van der Waals surface area contributed by atoms with E-state index in [2.05, 4.69) is 25.5 Å². The molecule has 128 valence electrons. The van der Waals surface area contributed by atoms with E-state index < -0.39 is 0 Å². The summed E-state index contributed by atoms with van der Waals surface area (Å²) < 4.78 is 13.1. The molecule has 0 saturated carbocycles. The molecule has 1 aromatic carbocycles. The van der Waals surface area contributed by atoms with E-state index in [1.807, 2.05) is 11.4 Å². The van der Waals surface area contributed by atoms with Crippen molar-refractivity contribution in [2.45, 2.75) is 0 Å². The third-order valence-corrected chi connectivity index (χ3v) is 4.68. The van der Waals surface area contributed by atoms with Crippen LogP contribution in [0.5, 0.6) is 0 Å². The fraction of sp³-hybridized carbons (Fsp3) is 0.235. The molecule has 0 aliphatic carbocycles. The van der Waals surface area contributed by atoms with Crippen LogP contribution in [0.2, 0.25) is 0 Å². The second-order valence-corrected chi connectivity index (χ2v) is 6.54. The standard InChI is InChI=1S/C17H17FN6S/c18-12-1-3-13(4-2-12)21-15-11-14(16-20-7-10-25-16)22-17(23-15)24-8-5-19-6-9-24/h1-4,7,10-11,19H,5-6,8-9H2,(H,21,22,23). The maximum Gasteiger partial charge on any atom is 0.228 e. The van der Waals surface area contributed by atoms with Crippen molar-refractivity contribution in [3.63, 3.8) is 0 Å². The zero-order chi connectivity index (χ0) is 17.1. The van der Waals surface area contributed by atoms with Gasteiger partial charge in [-0.2, -0.15) is 4.98 Å². The van der Waals surface area contributed by atoms with Crippen LogP contribution >= 0.6 is 11.3 Å². The fourth-order valence-electron chi connectivity index (χ4n) is 2.65. The molecular formula is C17H17FN6S. The average molecular weight is 356 g/mol. The molecule has 0 atom stereocenters. The summed E-state index contributed by atoms with van der Waals surface area (Å²) in [7, 11) is 0. The van der Waals surface area contributed by atoms with Gasteiger partial charge in [0.2, 0.25) is 5.95 Å². The number of anilines is 3. The molecule has 1 aliphatic rings. The number of nitrogens with zero attached hydrogens (tertiary/aromatic N) is 4. The minimum atomic E-state index is -0.266. The molecule has 25 heavy (non-hydrogen) atoms. The predicted octanol–water partition coefficient (Wildman–Crippen LogP) is 2.89. The largest absolute Gasteiger partial charge is 0.340 e. The van der Waals surface area contributed by atoms with Gasteiger partial charge in [0.05, 0.1) is 0 Å². The average Bonchev–Trinajstić information content (AvgIpc) is 3.19. The molecule has 6 nitrogen and oxygen atoms in total. The zero-order valence-corrected chi connectivity index (χ0v) is 14.3. The Bertz CT molecular complexity index is 831. The van der Waals surface area contributed by atoms with Crippen LogP contribution in [0.3, 0.4) is 0 Å². The Morgan fingerprint density at radius 3 is 2.64 bits per heavy atom. The van der Waals surface area contributed by atoms with Gasteiger partial charge in [-0.3, -0.25) is 0 Å². The molecule has 0 bridgehead atoms. The topological polar surface area (TPSA) is 66.0 Å². The van der Waals surface area contributed by atoms with Gasteiger partial charge in [-0.25, -0.2) is 14.4 Å². The maximum absolute atomic E-state index is 13.1. The zero-order valence-electron chi connectivity index (χ0n) is 13.4. The Morgan fingerprint density at radius 1 is 1.12 bits per heavy atom. The van der Waals surface area contributed by atoms with Gasteiger partial charge in [-0.05, 0) is 24.3 Å². The first-order valence-electron chi connectivity index (χ1n) is 8.05. The molecule has 1 saturated heterocycles. The highest BCUT2D eigenvalue weighted by atomic mass is 32.1. The predicted molar refractivity (Wildman–Crippen MR) is 97.9 cm³/mol. The number of nitrogens with one attached hydrogen (secondary N) is 2. The summed E-state index contributed by atoms with van der Waals surface area (Å²) in [6.07, 6.45) is 1.76. The van der Waals surface area contributed by atoms with Gasteiger partial charge in [0.15, 0.2) is 0 Å². The Labute approximate surface area is 148 Å². The summed E-state index contributed by atoms with van der Waals surface area (Å²) in [6.45, 7) is 3.53. The lowest BCUT2D eigenvalue weighted by Crippen LogP contribution is -2.44. The van der Waals surface area contributed by atoms with Gasteiger partial charge in [0.25, 0.3) is 0 Å². The number of rotatable bonds is 4. The molecule has 2 aromatic heterocycles. The van der Waals surface area contributed by atoms with Crippen molar-refractivity contribution >= 4 is 28.8 Å². The van der Waals surface area contributed by atoms with Crippen molar-refractivity contribution in [3.05, 3.63) is 47.7 Å². The highest BCUT2D eigenvalue weighted by Gasteiger charge is 2.16. The molecule has 0 spiro atoms. The lowest BCUT2D eigenvalue weighted by atomic mass is 10.3. The van der Waals surface area contributed by atoms with Gasteiger partial charge >= 0.3 is 0 Å². The summed E-state index contributed by atoms with van der Waals surface area (Å²) in [5.74, 6) is 1.08. The molecule has 0 radical (unpaired) electrons. The quantitative estimate of drug-likeness (QED) is 0.749. The monoisotopic (exact) mass is 356 g/mol. The van der Waals surface area contributed by atoms with Crippen LogP contribution in [0, 0.1) is 5.82 Å². The van der Waals surface area contributed by atoms with Crippen molar-refractivity contribution in [2.24, 2.45) is 0 Å². The van der Waals surface area contributed by atoms with E-state index in [4.69, 9.17) is 4.98 Å². The van der Waals surface area contributed by atoms with E-state index in [1.165, 1.54) is 23.5 Å². The molecule has 4 rings (SSSR count). The number of halogens is 1. The van der Waals surface area contributed by atoms with Crippen LogP contribution in [-0.2, 0) is 0 Å². The second-order valence-electron chi connectivity index (χ2n) is 5.64. The van der Waals surface area contributed by atoms with Crippen LogP contribution in [0.1, 0.15) is 0 Å². The van der Waals surface area contributed by atoms with Crippen molar-refractivity contribution in [3.8, 4) is 10.7 Å². The van der Waals surface area contributed by atoms with Crippen LogP contribution in [0.15, 0.2) is 41.9 Å². The van der Waals surface area contributed by atoms with Crippen LogP contribution in [-0.4, -0.2) is 41.1 Å². The van der Waals surface area contributed by atoms with Crippen molar-refractivity contribution in [1.29, 1.82) is 0 Å². The number of piperazine rings is 1. The molecular weight excluding hydrogens is 339 g/mol. The Balaban J connectivity index is 1.69. The third kappa shape index (κ3) is 3.75. The summed E-state index contributed by atoms with van der Waals surface area (Å²) >= 11 is 1.54. The van der Waals surface area contributed by atoms with Gasteiger partial charge < -0.3 is 15.5 Å². The van der Waals surface area contributed by atoms with Gasteiger partial charge in [-0.1, -0.05) is 0 Å². The second kappa shape index (κ2) is 7.12. The molecule has 8 heteroatoms. The van der Waals surface area contributed by atoms with E-state index in [0.29, 0.717) is 11.8 Å². The van der Waals surface area contributed by atoms with Crippen LogP contribution in [0.4, 0.5) is 21.8 Å². The van der Waals surface area contributed by atoms with Crippen molar-refractivity contribution in [2.75, 3.05) is 36.4 Å². The van der Waals surface area contributed by atoms with Crippen molar-refractivity contribution in [1.82, 2.24) is 20.3 Å². The molecule has 3 heterocycles. The molecule has 0 unspecified atom stereocenters. The Morgan fingerprint density at radius 2 is 1.92 bits per heavy atom. The maximum atomic E-state index is 13.1. The number of hydrogen-bond donors (Lipinski definition) is 2. The number of thiazole rings is 1. The van der Waals surface area contributed by atoms with E-state index in [9.17, 15) is 4.39 Å². The van der Waals surface area contributed by atoms with Gasteiger partial charge in [0.1, 0.15) is 22.3 Å². The number of hydrogen-bond acceptors (Lipinski definition) is 7. The molecule has 1 fully saturated rings.